The number of carbonyl (C=O) groups excluding carboxylic acids is 3. The minimum atomic E-state index is -1.11. The number of aliphatic carboxylic acids is 1. The van der Waals surface area contributed by atoms with E-state index in [9.17, 15) is 19.5 Å². The Bertz CT molecular complexity index is 434. The van der Waals surface area contributed by atoms with Crippen LogP contribution in [0.3, 0.4) is 0 Å². The number of nitrogens with one attached hydrogen (secondary N) is 1. The van der Waals surface area contributed by atoms with Gasteiger partial charge >= 0.3 is 41.6 Å². The van der Waals surface area contributed by atoms with Crippen molar-refractivity contribution in [3.63, 3.8) is 0 Å². The molecule has 0 saturated heterocycles. The fraction of sp³-hybridized carbons (Fsp3) is 0.812. The molecule has 1 unspecified atom stereocenters. The Balaban J connectivity index is 0.00000529. The number of alkyl carbamates (subject to hydrolysis) is 1. The second-order valence-corrected chi connectivity index (χ2v) is 6.53. The van der Waals surface area contributed by atoms with Crippen molar-refractivity contribution in [1.82, 2.24) is 5.32 Å². The van der Waals surface area contributed by atoms with Crippen LogP contribution in [0.1, 0.15) is 59.3 Å². The summed E-state index contributed by atoms with van der Waals surface area (Å²) >= 11 is 0. The smallest absolute Gasteiger partial charge is 0.550 e. The molecule has 1 amide bonds. The van der Waals surface area contributed by atoms with E-state index in [0.717, 1.165) is 32.1 Å². The largest absolute Gasteiger partial charge is 1.00 e. The third-order valence-electron chi connectivity index (χ3n) is 4.07. The van der Waals surface area contributed by atoms with Gasteiger partial charge in [0.05, 0.1) is 5.92 Å². The number of carboxylic acid groups (broad SMARTS) is 1. The summed E-state index contributed by atoms with van der Waals surface area (Å²) in [5.74, 6) is -1.87. The van der Waals surface area contributed by atoms with E-state index in [1.165, 1.54) is 6.92 Å². The molecule has 132 valence electrons. The third-order valence-corrected chi connectivity index (χ3v) is 4.07. The van der Waals surface area contributed by atoms with E-state index in [4.69, 9.17) is 9.47 Å². The van der Waals surface area contributed by atoms with E-state index < -0.39 is 29.7 Å². The van der Waals surface area contributed by atoms with Gasteiger partial charge in [0.15, 0.2) is 0 Å². The first-order valence-electron chi connectivity index (χ1n) is 8.09. The Morgan fingerprint density at radius 1 is 1.08 bits per heavy atom. The predicted octanol–water partition coefficient (Wildman–Crippen LogP) is -1.65. The summed E-state index contributed by atoms with van der Waals surface area (Å²) in [6, 6.07) is 0. The zero-order valence-electron chi connectivity index (χ0n) is 15.1. The Labute approximate surface area is 165 Å². The first kappa shape index (κ1) is 23.2. The zero-order chi connectivity index (χ0) is 17.5. The molecule has 1 atom stereocenters. The molecule has 0 bridgehead atoms. The van der Waals surface area contributed by atoms with Crippen LogP contribution in [0.2, 0.25) is 0 Å². The first-order chi connectivity index (χ1) is 10.7. The van der Waals surface area contributed by atoms with Crippen molar-refractivity contribution < 1.29 is 58.5 Å². The number of amides is 1. The van der Waals surface area contributed by atoms with Crippen molar-refractivity contribution >= 4 is 18.0 Å². The van der Waals surface area contributed by atoms with Gasteiger partial charge < -0.3 is 24.7 Å². The Hall–Kier alpha value is -0.790. The summed E-state index contributed by atoms with van der Waals surface area (Å²) < 4.78 is 9.89. The van der Waals surface area contributed by atoms with Crippen LogP contribution >= 0.6 is 0 Å². The summed E-state index contributed by atoms with van der Waals surface area (Å²) in [7, 11) is 0. The third kappa shape index (κ3) is 8.35. The topological polar surface area (TPSA) is 105 Å². The van der Waals surface area contributed by atoms with Gasteiger partial charge in [0.25, 0.3) is 0 Å². The molecule has 1 fully saturated rings. The minimum Gasteiger partial charge on any atom is -0.550 e. The van der Waals surface area contributed by atoms with Crippen molar-refractivity contribution in [2.24, 2.45) is 11.3 Å². The molecule has 0 radical (unpaired) electrons. The first-order valence-corrected chi connectivity index (χ1v) is 8.09. The quantitative estimate of drug-likeness (QED) is 0.335. The number of carboxylic acids is 1. The second kappa shape index (κ2) is 10.9. The van der Waals surface area contributed by atoms with Gasteiger partial charge in [-0.1, -0.05) is 33.1 Å². The van der Waals surface area contributed by atoms with Crippen molar-refractivity contribution in [3.8, 4) is 0 Å². The molecule has 0 aromatic carbocycles. The van der Waals surface area contributed by atoms with Gasteiger partial charge in [-0.25, -0.2) is 4.79 Å². The van der Waals surface area contributed by atoms with E-state index >= 15 is 0 Å². The molecular formula is C16H26NNaO6. The number of ether oxygens (including phenoxy) is 2. The fourth-order valence-electron chi connectivity index (χ4n) is 2.80. The molecule has 1 saturated carbocycles. The molecule has 0 heterocycles. The molecule has 0 aliphatic heterocycles. The van der Waals surface area contributed by atoms with Gasteiger partial charge in [0, 0.05) is 19.4 Å². The fourth-order valence-corrected chi connectivity index (χ4v) is 2.80. The SMILES string of the molecule is CC(OC(=O)NCC1(CC(=O)[O-])CCCCC1)OC(=O)C(C)C.[Na+]. The predicted molar refractivity (Wildman–Crippen MR) is 80.0 cm³/mol. The van der Waals surface area contributed by atoms with Crippen LogP contribution < -0.4 is 40.0 Å². The molecule has 0 spiro atoms. The molecule has 7 nitrogen and oxygen atoms in total. The van der Waals surface area contributed by atoms with Crippen LogP contribution in [0.4, 0.5) is 4.79 Å². The normalized spacial score (nSPS) is 17.3. The van der Waals surface area contributed by atoms with E-state index in [2.05, 4.69) is 5.32 Å². The standard InChI is InChI=1S/C16H27NO6.Na/c1-11(2)14(20)22-12(3)23-15(21)17-10-16(9-13(18)19)7-5-4-6-8-16;/h11-12H,4-10H2,1-3H3,(H,17,21)(H,18,19);/q;+1/p-1. The van der Waals surface area contributed by atoms with E-state index in [-0.39, 0.29) is 48.4 Å². The maximum Gasteiger partial charge on any atom is 1.00 e. The summed E-state index contributed by atoms with van der Waals surface area (Å²) in [5, 5.41) is 13.6. The van der Waals surface area contributed by atoms with Crippen molar-refractivity contribution in [3.05, 3.63) is 0 Å². The summed E-state index contributed by atoms with van der Waals surface area (Å²) in [4.78, 5) is 34.2. The van der Waals surface area contributed by atoms with E-state index in [1.807, 2.05) is 0 Å². The monoisotopic (exact) mass is 351 g/mol. The average molecular weight is 351 g/mol. The number of esters is 1. The summed E-state index contributed by atoms with van der Waals surface area (Å²) in [5.41, 5.74) is -0.478. The van der Waals surface area contributed by atoms with Crippen molar-refractivity contribution in [1.29, 1.82) is 0 Å². The summed E-state index contributed by atoms with van der Waals surface area (Å²) in [6.07, 6.45) is 2.62. The molecule has 24 heavy (non-hydrogen) atoms. The molecule has 1 N–H and O–H groups in total. The minimum absolute atomic E-state index is 0. The van der Waals surface area contributed by atoms with Crippen LogP contribution in [0.15, 0.2) is 0 Å². The van der Waals surface area contributed by atoms with E-state index in [0.29, 0.717) is 0 Å². The second-order valence-electron chi connectivity index (χ2n) is 6.53. The number of hydrogen-bond acceptors (Lipinski definition) is 6. The molecule has 0 aromatic heterocycles. The molecule has 1 aliphatic rings. The van der Waals surface area contributed by atoms with Crippen molar-refractivity contribution in [2.45, 2.75) is 65.6 Å². The summed E-state index contributed by atoms with van der Waals surface area (Å²) in [6.45, 7) is 5.03. The molecule has 0 aromatic rings. The van der Waals surface area contributed by atoms with Crippen LogP contribution in [-0.2, 0) is 19.1 Å². The van der Waals surface area contributed by atoms with Gasteiger partial charge in [-0.2, -0.15) is 0 Å². The van der Waals surface area contributed by atoms with Gasteiger partial charge in [0.1, 0.15) is 0 Å². The van der Waals surface area contributed by atoms with Crippen LogP contribution in [-0.4, -0.2) is 30.9 Å². The maximum absolute atomic E-state index is 11.8. The van der Waals surface area contributed by atoms with E-state index in [1.54, 1.807) is 13.8 Å². The number of rotatable bonds is 7. The average Bonchev–Trinajstić information content (AvgIpc) is 2.45. The Kier molecular flexibility index (Phi) is 10.6. The van der Waals surface area contributed by atoms with Gasteiger partial charge in [-0.3, -0.25) is 4.79 Å². The number of carbonyl (C=O) groups is 3. The number of hydrogen-bond donors (Lipinski definition) is 1. The van der Waals surface area contributed by atoms with Crippen LogP contribution in [0, 0.1) is 11.3 Å². The van der Waals surface area contributed by atoms with Crippen molar-refractivity contribution in [2.75, 3.05) is 6.54 Å². The van der Waals surface area contributed by atoms with Gasteiger partial charge in [0.2, 0.25) is 6.29 Å². The zero-order valence-corrected chi connectivity index (χ0v) is 17.1. The van der Waals surface area contributed by atoms with Gasteiger partial charge in [-0.15, -0.1) is 0 Å². The maximum atomic E-state index is 11.8. The molecule has 1 aliphatic carbocycles. The van der Waals surface area contributed by atoms with Gasteiger partial charge in [-0.05, 0) is 24.7 Å². The molecular weight excluding hydrogens is 325 g/mol. The molecule has 1 rings (SSSR count). The van der Waals surface area contributed by atoms with Crippen LogP contribution in [0.25, 0.3) is 0 Å². The van der Waals surface area contributed by atoms with Crippen LogP contribution in [0.5, 0.6) is 0 Å². The Morgan fingerprint density at radius 3 is 2.17 bits per heavy atom. The molecule has 8 heteroatoms. The Morgan fingerprint density at radius 2 is 1.67 bits per heavy atom.